The van der Waals surface area contributed by atoms with Gasteiger partial charge in [0.05, 0.1) is 6.61 Å². The fourth-order valence-corrected chi connectivity index (χ4v) is 3.09. The van der Waals surface area contributed by atoms with Gasteiger partial charge in [-0.1, -0.05) is 18.2 Å². The Kier molecular flexibility index (Phi) is 5.16. The van der Waals surface area contributed by atoms with Crippen LogP contribution in [0.15, 0.2) is 42.5 Å². The van der Waals surface area contributed by atoms with E-state index in [2.05, 4.69) is 18.3 Å². The van der Waals surface area contributed by atoms with E-state index < -0.39 is 0 Å². The molecule has 0 radical (unpaired) electrons. The van der Waals surface area contributed by atoms with Crippen LogP contribution in [0.3, 0.4) is 0 Å². The second-order valence-corrected chi connectivity index (χ2v) is 6.03. The van der Waals surface area contributed by atoms with Crippen LogP contribution in [0.1, 0.15) is 22.8 Å². The summed E-state index contributed by atoms with van der Waals surface area (Å²) in [6, 6.07) is 14.0. The van der Waals surface area contributed by atoms with Crippen LogP contribution in [-0.4, -0.2) is 43.6 Å². The number of carbonyl (C=O) groups is 1. The van der Waals surface area contributed by atoms with Gasteiger partial charge in [-0.15, -0.1) is 0 Å². The smallest absolute Gasteiger partial charge is 0.253 e. The molecule has 1 fully saturated rings. The quantitative estimate of drug-likeness (QED) is 0.939. The highest BCUT2D eigenvalue weighted by Crippen LogP contribution is 2.27. The molecule has 4 nitrogen and oxygen atoms in total. The molecule has 3 rings (SSSR count). The predicted octanol–water partition coefficient (Wildman–Crippen LogP) is 3.11. The second kappa shape index (κ2) is 7.49. The van der Waals surface area contributed by atoms with Crippen LogP contribution in [0.5, 0.6) is 5.75 Å². The number of hydrogen-bond donors (Lipinski definition) is 1. The van der Waals surface area contributed by atoms with Gasteiger partial charge in [-0.3, -0.25) is 4.79 Å². The minimum Gasteiger partial charge on any atom is -0.494 e. The number of hydrogen-bond acceptors (Lipinski definition) is 3. The van der Waals surface area contributed by atoms with Gasteiger partial charge < -0.3 is 15.0 Å². The van der Waals surface area contributed by atoms with Crippen molar-refractivity contribution in [3.05, 3.63) is 53.6 Å². The largest absolute Gasteiger partial charge is 0.494 e. The molecule has 1 aliphatic rings. The molecule has 2 aromatic rings. The maximum Gasteiger partial charge on any atom is 0.253 e. The second-order valence-electron chi connectivity index (χ2n) is 6.03. The molecular formula is C20H24N2O2. The first-order chi connectivity index (χ1) is 11.7. The number of amides is 1. The molecule has 24 heavy (non-hydrogen) atoms. The first kappa shape index (κ1) is 16.5. The van der Waals surface area contributed by atoms with Crippen LogP contribution in [0.4, 0.5) is 0 Å². The predicted molar refractivity (Wildman–Crippen MR) is 96.6 cm³/mol. The van der Waals surface area contributed by atoms with Gasteiger partial charge in [0.25, 0.3) is 5.91 Å². The molecule has 1 amide bonds. The van der Waals surface area contributed by atoms with E-state index in [0.29, 0.717) is 6.61 Å². The number of aryl methyl sites for hydroxylation is 1. The van der Waals surface area contributed by atoms with E-state index in [1.807, 2.05) is 48.2 Å². The summed E-state index contributed by atoms with van der Waals surface area (Å²) in [5.41, 5.74) is 4.11. The summed E-state index contributed by atoms with van der Waals surface area (Å²) in [6.45, 7) is 7.97. The summed E-state index contributed by atoms with van der Waals surface area (Å²) in [6.07, 6.45) is 0. The number of carbonyl (C=O) groups excluding carboxylic acids is 1. The summed E-state index contributed by atoms with van der Waals surface area (Å²) in [5, 5.41) is 3.27. The molecule has 1 aliphatic heterocycles. The molecular weight excluding hydrogens is 300 g/mol. The van der Waals surface area contributed by atoms with Gasteiger partial charge in [0, 0.05) is 31.7 Å². The number of benzene rings is 2. The number of piperazine rings is 1. The van der Waals surface area contributed by atoms with Crippen molar-refractivity contribution >= 4 is 5.91 Å². The van der Waals surface area contributed by atoms with Gasteiger partial charge in [0.2, 0.25) is 0 Å². The van der Waals surface area contributed by atoms with Crippen LogP contribution in [0.25, 0.3) is 11.1 Å². The molecule has 0 bridgehead atoms. The first-order valence-electron chi connectivity index (χ1n) is 8.53. The van der Waals surface area contributed by atoms with Crippen LogP contribution in [0, 0.1) is 6.92 Å². The lowest BCUT2D eigenvalue weighted by atomic mass is 9.98. The Bertz CT molecular complexity index is 721. The van der Waals surface area contributed by atoms with E-state index in [1.165, 1.54) is 0 Å². The molecule has 2 aromatic carbocycles. The Morgan fingerprint density at radius 2 is 1.96 bits per heavy atom. The van der Waals surface area contributed by atoms with Gasteiger partial charge in [0.1, 0.15) is 5.75 Å². The van der Waals surface area contributed by atoms with Gasteiger partial charge in [-0.05, 0) is 54.8 Å². The van der Waals surface area contributed by atoms with Crippen molar-refractivity contribution in [1.29, 1.82) is 0 Å². The third-order valence-electron chi connectivity index (χ3n) is 4.33. The Morgan fingerprint density at radius 3 is 2.67 bits per heavy atom. The van der Waals surface area contributed by atoms with Gasteiger partial charge >= 0.3 is 0 Å². The lowest BCUT2D eigenvalue weighted by Crippen LogP contribution is -2.46. The van der Waals surface area contributed by atoms with E-state index in [9.17, 15) is 4.79 Å². The zero-order valence-electron chi connectivity index (χ0n) is 14.3. The third kappa shape index (κ3) is 3.60. The Morgan fingerprint density at radius 1 is 1.17 bits per heavy atom. The maximum atomic E-state index is 12.6. The van der Waals surface area contributed by atoms with E-state index in [1.54, 1.807) is 0 Å². The molecule has 1 heterocycles. The van der Waals surface area contributed by atoms with Crippen molar-refractivity contribution in [3.8, 4) is 16.9 Å². The first-order valence-corrected chi connectivity index (χ1v) is 8.53. The van der Waals surface area contributed by atoms with Crippen LogP contribution in [-0.2, 0) is 0 Å². The molecule has 1 N–H and O–H groups in total. The van der Waals surface area contributed by atoms with Gasteiger partial charge in [-0.2, -0.15) is 0 Å². The zero-order valence-corrected chi connectivity index (χ0v) is 14.3. The summed E-state index contributed by atoms with van der Waals surface area (Å²) in [7, 11) is 0. The van der Waals surface area contributed by atoms with Crippen molar-refractivity contribution in [2.24, 2.45) is 0 Å². The van der Waals surface area contributed by atoms with Crippen molar-refractivity contribution < 1.29 is 9.53 Å². The SMILES string of the molecule is CCOc1cccc(-c2ccc(C(=O)N3CCNCC3)cc2C)c1. The normalized spacial score (nSPS) is 14.5. The lowest BCUT2D eigenvalue weighted by molar-refractivity contribution is 0.0735. The van der Waals surface area contributed by atoms with Crippen molar-refractivity contribution in [2.75, 3.05) is 32.8 Å². The highest BCUT2D eigenvalue weighted by molar-refractivity contribution is 5.95. The van der Waals surface area contributed by atoms with Crippen molar-refractivity contribution in [1.82, 2.24) is 10.2 Å². The maximum absolute atomic E-state index is 12.6. The fraction of sp³-hybridized carbons (Fsp3) is 0.350. The molecule has 126 valence electrons. The Labute approximate surface area is 143 Å². The van der Waals surface area contributed by atoms with Gasteiger partial charge in [-0.25, -0.2) is 0 Å². The summed E-state index contributed by atoms with van der Waals surface area (Å²) < 4.78 is 5.58. The molecule has 0 aliphatic carbocycles. The molecule has 0 unspecified atom stereocenters. The highest BCUT2D eigenvalue weighted by Gasteiger charge is 2.18. The zero-order chi connectivity index (χ0) is 16.9. The minimum atomic E-state index is 0.120. The Hall–Kier alpha value is -2.33. The Balaban J connectivity index is 1.84. The van der Waals surface area contributed by atoms with Crippen LogP contribution in [0.2, 0.25) is 0 Å². The standard InChI is InChI=1S/C20H24N2O2/c1-3-24-18-6-4-5-16(14-18)19-8-7-17(13-15(19)2)20(23)22-11-9-21-10-12-22/h4-8,13-14,21H,3,9-12H2,1-2H3. The molecule has 4 heteroatoms. The average molecular weight is 324 g/mol. The topological polar surface area (TPSA) is 41.6 Å². The monoisotopic (exact) mass is 324 g/mol. The van der Waals surface area contributed by atoms with E-state index >= 15 is 0 Å². The average Bonchev–Trinajstić information content (AvgIpc) is 2.62. The lowest BCUT2D eigenvalue weighted by Gasteiger charge is -2.27. The molecule has 1 saturated heterocycles. The summed E-state index contributed by atoms with van der Waals surface area (Å²) in [4.78, 5) is 14.5. The highest BCUT2D eigenvalue weighted by atomic mass is 16.5. The molecule has 0 spiro atoms. The van der Waals surface area contributed by atoms with E-state index in [-0.39, 0.29) is 5.91 Å². The van der Waals surface area contributed by atoms with E-state index in [4.69, 9.17) is 4.74 Å². The fourth-order valence-electron chi connectivity index (χ4n) is 3.09. The summed E-state index contributed by atoms with van der Waals surface area (Å²) in [5.74, 6) is 0.990. The molecule has 0 atom stereocenters. The number of rotatable bonds is 4. The molecule has 0 aromatic heterocycles. The number of nitrogens with one attached hydrogen (secondary N) is 1. The minimum absolute atomic E-state index is 0.120. The van der Waals surface area contributed by atoms with E-state index in [0.717, 1.165) is 54.2 Å². The van der Waals surface area contributed by atoms with Crippen molar-refractivity contribution in [3.63, 3.8) is 0 Å². The summed E-state index contributed by atoms with van der Waals surface area (Å²) >= 11 is 0. The van der Waals surface area contributed by atoms with Crippen molar-refractivity contribution in [2.45, 2.75) is 13.8 Å². The third-order valence-corrected chi connectivity index (χ3v) is 4.33. The van der Waals surface area contributed by atoms with Crippen LogP contribution >= 0.6 is 0 Å². The van der Waals surface area contributed by atoms with Crippen LogP contribution < -0.4 is 10.1 Å². The molecule has 0 saturated carbocycles. The number of nitrogens with zero attached hydrogens (tertiary/aromatic N) is 1. The number of ether oxygens (including phenoxy) is 1. The van der Waals surface area contributed by atoms with Gasteiger partial charge in [0.15, 0.2) is 0 Å².